The summed E-state index contributed by atoms with van der Waals surface area (Å²) in [6.45, 7) is 4.81. The minimum absolute atomic E-state index is 0.0788. The van der Waals surface area contributed by atoms with Crippen molar-refractivity contribution in [3.8, 4) is 5.75 Å². The number of methoxy groups -OCH3 is 1. The van der Waals surface area contributed by atoms with E-state index in [-0.39, 0.29) is 11.9 Å². The number of carbonyl (C=O) groups excluding carboxylic acids is 1. The van der Waals surface area contributed by atoms with Crippen LogP contribution in [0, 0.1) is 0 Å². The molecule has 1 heterocycles. The molecular weight excluding hydrogens is 288 g/mol. The molecule has 0 saturated heterocycles. The van der Waals surface area contributed by atoms with Gasteiger partial charge in [-0.05, 0) is 42.7 Å². The van der Waals surface area contributed by atoms with E-state index in [0.29, 0.717) is 13.0 Å². The van der Waals surface area contributed by atoms with Crippen LogP contribution in [0.5, 0.6) is 5.75 Å². The largest absolute Gasteiger partial charge is 0.497 e. The molecule has 0 spiro atoms. The average Bonchev–Trinajstić information content (AvgIpc) is 2.60. The lowest BCUT2D eigenvalue weighted by Crippen LogP contribution is -2.35. The van der Waals surface area contributed by atoms with Gasteiger partial charge in [0, 0.05) is 18.9 Å². The number of hydrogen-bond donors (Lipinski definition) is 0. The van der Waals surface area contributed by atoms with Crippen LogP contribution in [-0.4, -0.2) is 29.4 Å². The van der Waals surface area contributed by atoms with E-state index in [1.807, 2.05) is 48.2 Å². The highest BCUT2D eigenvalue weighted by Crippen LogP contribution is 2.26. The minimum atomic E-state index is 0.0788. The molecular formula is C19H24N2O2. The smallest absolute Gasteiger partial charge is 0.227 e. The highest BCUT2D eigenvalue weighted by Gasteiger charge is 2.22. The summed E-state index contributed by atoms with van der Waals surface area (Å²) in [6.07, 6.45) is 4.73. The van der Waals surface area contributed by atoms with Crippen LogP contribution in [0.15, 0.2) is 48.8 Å². The fourth-order valence-electron chi connectivity index (χ4n) is 2.81. The summed E-state index contributed by atoms with van der Waals surface area (Å²) in [5.74, 6) is 0.955. The van der Waals surface area contributed by atoms with Crippen LogP contribution >= 0.6 is 0 Å². The first-order valence-corrected chi connectivity index (χ1v) is 8.01. The summed E-state index contributed by atoms with van der Waals surface area (Å²) >= 11 is 0. The molecule has 2 aromatic rings. The third kappa shape index (κ3) is 4.31. The van der Waals surface area contributed by atoms with Crippen LogP contribution < -0.4 is 4.74 Å². The van der Waals surface area contributed by atoms with Gasteiger partial charge in [-0.15, -0.1) is 0 Å². The summed E-state index contributed by atoms with van der Waals surface area (Å²) in [7, 11) is 1.65. The molecule has 0 aliphatic carbocycles. The zero-order valence-electron chi connectivity index (χ0n) is 14.0. The predicted octanol–water partition coefficient (Wildman–Crippen LogP) is 3.63. The topological polar surface area (TPSA) is 42.4 Å². The molecule has 0 aliphatic rings. The molecule has 1 atom stereocenters. The lowest BCUT2D eigenvalue weighted by molar-refractivity contribution is -0.132. The molecule has 0 fully saturated rings. The number of rotatable bonds is 7. The van der Waals surface area contributed by atoms with Gasteiger partial charge in [-0.1, -0.05) is 25.1 Å². The summed E-state index contributed by atoms with van der Waals surface area (Å²) in [5, 5.41) is 0. The third-order valence-corrected chi connectivity index (χ3v) is 4.00. The quantitative estimate of drug-likeness (QED) is 0.784. The van der Waals surface area contributed by atoms with Crippen LogP contribution in [0.4, 0.5) is 0 Å². The molecule has 1 amide bonds. The normalized spacial score (nSPS) is 11.8. The van der Waals surface area contributed by atoms with Gasteiger partial charge in [-0.25, -0.2) is 0 Å². The molecule has 4 heteroatoms. The van der Waals surface area contributed by atoms with Crippen LogP contribution in [0.1, 0.15) is 37.4 Å². The Balaban J connectivity index is 2.16. The summed E-state index contributed by atoms with van der Waals surface area (Å²) in [4.78, 5) is 18.7. The number of pyridine rings is 1. The summed E-state index contributed by atoms with van der Waals surface area (Å²) in [5.41, 5.74) is 2.08. The Bertz CT molecular complexity index is 611. The van der Waals surface area contributed by atoms with Crippen molar-refractivity contribution in [3.05, 3.63) is 59.9 Å². The van der Waals surface area contributed by atoms with Crippen molar-refractivity contribution in [1.82, 2.24) is 9.88 Å². The van der Waals surface area contributed by atoms with Gasteiger partial charge in [0.25, 0.3) is 0 Å². The van der Waals surface area contributed by atoms with Gasteiger partial charge in [0.05, 0.1) is 19.6 Å². The Morgan fingerprint density at radius 2 is 1.96 bits per heavy atom. The molecule has 0 aliphatic heterocycles. The van der Waals surface area contributed by atoms with Crippen molar-refractivity contribution < 1.29 is 9.53 Å². The molecule has 122 valence electrons. The lowest BCUT2D eigenvalue weighted by atomic mass is 10.0. The van der Waals surface area contributed by atoms with E-state index < -0.39 is 0 Å². The molecule has 2 rings (SSSR count). The van der Waals surface area contributed by atoms with Gasteiger partial charge >= 0.3 is 0 Å². The molecule has 0 saturated carbocycles. The number of nitrogens with zero attached hydrogens (tertiary/aromatic N) is 2. The fourth-order valence-corrected chi connectivity index (χ4v) is 2.81. The Labute approximate surface area is 138 Å². The molecule has 0 bridgehead atoms. The van der Waals surface area contributed by atoms with Crippen LogP contribution in [0.25, 0.3) is 0 Å². The van der Waals surface area contributed by atoms with Crippen molar-refractivity contribution in [1.29, 1.82) is 0 Å². The zero-order chi connectivity index (χ0) is 16.7. The maximum atomic E-state index is 12.7. The number of carbonyl (C=O) groups is 1. The number of aromatic nitrogens is 1. The first-order valence-electron chi connectivity index (χ1n) is 8.01. The van der Waals surface area contributed by atoms with Gasteiger partial charge in [0.2, 0.25) is 5.91 Å². The van der Waals surface area contributed by atoms with Gasteiger partial charge in [-0.2, -0.15) is 0 Å². The van der Waals surface area contributed by atoms with Crippen LogP contribution in [-0.2, 0) is 11.2 Å². The Morgan fingerprint density at radius 3 is 2.48 bits per heavy atom. The van der Waals surface area contributed by atoms with E-state index in [2.05, 4.69) is 11.9 Å². The number of ether oxygens (including phenoxy) is 1. The average molecular weight is 312 g/mol. The first kappa shape index (κ1) is 17.0. The molecule has 1 aromatic heterocycles. The molecule has 0 unspecified atom stereocenters. The highest BCUT2D eigenvalue weighted by atomic mass is 16.5. The lowest BCUT2D eigenvalue weighted by Gasteiger charge is -2.31. The molecule has 4 nitrogen and oxygen atoms in total. The van der Waals surface area contributed by atoms with E-state index in [0.717, 1.165) is 23.3 Å². The second kappa shape index (κ2) is 8.32. The van der Waals surface area contributed by atoms with E-state index >= 15 is 0 Å². The van der Waals surface area contributed by atoms with Crippen molar-refractivity contribution in [2.45, 2.75) is 32.7 Å². The fraction of sp³-hybridized carbons (Fsp3) is 0.368. The van der Waals surface area contributed by atoms with E-state index in [9.17, 15) is 4.79 Å². The third-order valence-electron chi connectivity index (χ3n) is 4.00. The molecule has 0 radical (unpaired) electrons. The number of amides is 1. The Morgan fingerprint density at radius 1 is 1.22 bits per heavy atom. The molecule has 23 heavy (non-hydrogen) atoms. The number of benzene rings is 1. The monoisotopic (exact) mass is 312 g/mol. The number of hydrogen-bond acceptors (Lipinski definition) is 3. The maximum absolute atomic E-state index is 12.7. The van der Waals surface area contributed by atoms with Crippen molar-refractivity contribution >= 4 is 5.91 Å². The highest BCUT2D eigenvalue weighted by molar-refractivity contribution is 5.79. The van der Waals surface area contributed by atoms with Crippen molar-refractivity contribution in [2.24, 2.45) is 0 Å². The van der Waals surface area contributed by atoms with Gasteiger partial charge in [-0.3, -0.25) is 9.78 Å². The van der Waals surface area contributed by atoms with E-state index in [1.165, 1.54) is 0 Å². The first-order chi connectivity index (χ1) is 11.2. The zero-order valence-corrected chi connectivity index (χ0v) is 14.0. The Hall–Kier alpha value is -2.36. The Kier molecular flexibility index (Phi) is 6.15. The van der Waals surface area contributed by atoms with Crippen molar-refractivity contribution in [3.63, 3.8) is 0 Å². The molecule has 1 aromatic carbocycles. The minimum Gasteiger partial charge on any atom is -0.497 e. The van der Waals surface area contributed by atoms with Gasteiger partial charge in [0.15, 0.2) is 0 Å². The maximum Gasteiger partial charge on any atom is 0.227 e. The SMILES string of the molecule is CC[C@@H](c1ccc(OC)cc1)N(CC)C(=O)Cc1cccnc1. The van der Waals surface area contributed by atoms with Crippen LogP contribution in [0.3, 0.4) is 0 Å². The van der Waals surface area contributed by atoms with Gasteiger partial charge in [0.1, 0.15) is 5.75 Å². The second-order valence-corrected chi connectivity index (χ2v) is 5.42. The van der Waals surface area contributed by atoms with Crippen LogP contribution in [0.2, 0.25) is 0 Å². The second-order valence-electron chi connectivity index (χ2n) is 5.42. The van der Waals surface area contributed by atoms with Crippen molar-refractivity contribution in [2.75, 3.05) is 13.7 Å². The van der Waals surface area contributed by atoms with E-state index in [4.69, 9.17) is 4.74 Å². The predicted molar refractivity (Wildman–Crippen MR) is 91.4 cm³/mol. The molecule has 0 N–H and O–H groups in total. The van der Waals surface area contributed by atoms with Gasteiger partial charge < -0.3 is 9.64 Å². The van der Waals surface area contributed by atoms with E-state index in [1.54, 1.807) is 19.5 Å². The summed E-state index contributed by atoms with van der Waals surface area (Å²) < 4.78 is 5.21. The summed E-state index contributed by atoms with van der Waals surface area (Å²) in [6, 6.07) is 11.8. The number of likely N-dealkylation sites (N-methyl/N-ethyl adjacent to an activating group) is 1. The standard InChI is InChI=1S/C19H24N2O2/c1-4-18(16-8-10-17(23-3)11-9-16)21(5-2)19(22)13-15-7-6-12-20-14-15/h6-12,14,18H,4-5,13H2,1-3H3/t18-/m0/s1.